The molecule has 9 heteroatoms. The first-order chi connectivity index (χ1) is 16.4. The van der Waals surface area contributed by atoms with Gasteiger partial charge in [0.15, 0.2) is 0 Å². The number of ether oxygens (including phenoxy) is 1. The lowest BCUT2D eigenvalue weighted by atomic mass is 9.87. The molecule has 0 spiro atoms. The predicted octanol–water partition coefficient (Wildman–Crippen LogP) is 5.91. The van der Waals surface area contributed by atoms with Crippen LogP contribution in [0.5, 0.6) is 6.01 Å². The quantitative estimate of drug-likeness (QED) is 0.258. The summed E-state index contributed by atoms with van der Waals surface area (Å²) in [6, 6.07) is 6.93. The number of aromatic nitrogens is 3. The number of hydrogen-bond donors (Lipinski definition) is 0. The minimum Gasteiger partial charge on any atom is -0.437 e. The van der Waals surface area contributed by atoms with Gasteiger partial charge in [0, 0.05) is 21.8 Å². The van der Waals surface area contributed by atoms with E-state index in [4.69, 9.17) is 9.72 Å². The number of nitro groups is 1. The van der Waals surface area contributed by atoms with Crippen LogP contribution in [-0.4, -0.2) is 25.1 Å². The summed E-state index contributed by atoms with van der Waals surface area (Å²) < 4.78 is 21.1. The molecule has 3 aliphatic rings. The van der Waals surface area contributed by atoms with Crippen molar-refractivity contribution in [2.45, 2.75) is 57.1 Å². The van der Waals surface area contributed by atoms with Gasteiger partial charge in [-0.2, -0.15) is 0 Å². The van der Waals surface area contributed by atoms with E-state index in [0.717, 1.165) is 17.0 Å². The SMILES string of the molecule is C[C@]1(C/C=C/C2Cc3nc(-c4ccc(F)cc4)sc3C3CCC2C3)Cn2cc([N+](=O)[O-])nc2O1. The van der Waals surface area contributed by atoms with Gasteiger partial charge in [0.2, 0.25) is 0 Å². The van der Waals surface area contributed by atoms with Crippen molar-refractivity contribution < 1.29 is 14.1 Å². The summed E-state index contributed by atoms with van der Waals surface area (Å²) in [5.41, 5.74) is 1.71. The van der Waals surface area contributed by atoms with E-state index in [-0.39, 0.29) is 11.6 Å². The van der Waals surface area contributed by atoms with E-state index in [2.05, 4.69) is 17.1 Å². The van der Waals surface area contributed by atoms with Crippen LogP contribution in [0.1, 0.15) is 49.1 Å². The highest BCUT2D eigenvalue weighted by Crippen LogP contribution is 2.50. The first-order valence-electron chi connectivity index (χ1n) is 11.7. The molecule has 3 unspecified atom stereocenters. The van der Waals surface area contributed by atoms with Crippen LogP contribution in [0.3, 0.4) is 0 Å². The van der Waals surface area contributed by atoms with Gasteiger partial charge in [0.05, 0.1) is 12.2 Å². The van der Waals surface area contributed by atoms with Gasteiger partial charge in [0.1, 0.15) is 22.6 Å². The third-order valence-corrected chi connectivity index (χ3v) is 8.70. The molecule has 4 atom stereocenters. The number of rotatable bonds is 5. The lowest BCUT2D eigenvalue weighted by molar-refractivity contribution is -0.389. The molecule has 2 aromatic heterocycles. The van der Waals surface area contributed by atoms with E-state index in [9.17, 15) is 14.5 Å². The van der Waals surface area contributed by atoms with Gasteiger partial charge in [-0.25, -0.2) is 9.37 Å². The minimum atomic E-state index is -0.499. The number of imidazole rings is 1. The number of hydrogen-bond acceptors (Lipinski definition) is 6. The Morgan fingerprint density at radius 2 is 2.15 bits per heavy atom. The van der Waals surface area contributed by atoms with E-state index in [0.29, 0.717) is 36.7 Å². The Balaban J connectivity index is 1.17. The van der Waals surface area contributed by atoms with E-state index >= 15 is 0 Å². The second-order valence-electron chi connectivity index (χ2n) is 9.93. The van der Waals surface area contributed by atoms with Gasteiger partial charge in [-0.1, -0.05) is 12.2 Å². The summed E-state index contributed by atoms with van der Waals surface area (Å²) >= 11 is 1.77. The number of benzene rings is 1. The molecule has 3 heterocycles. The Bertz CT molecular complexity index is 1260. The molecule has 2 bridgehead atoms. The lowest BCUT2D eigenvalue weighted by Crippen LogP contribution is -2.30. The largest absolute Gasteiger partial charge is 0.437 e. The summed E-state index contributed by atoms with van der Waals surface area (Å²) in [5.74, 6) is 1.26. The standard InChI is InChI=1S/C25H25FN4O3S/c1-25(14-29-13-21(30(31)32)28-24(29)33-25)10-2-3-16-12-20-22(18-5-4-17(16)11-18)34-23(27-20)15-6-8-19(26)9-7-15/h2-3,6-9,13,16-18H,4-5,10-12,14H2,1H3/b3-2+/t16?,17?,18?,25-/m0/s1. The molecule has 2 aliphatic carbocycles. The fourth-order valence-corrected chi connectivity index (χ4v) is 6.93. The van der Waals surface area contributed by atoms with Crippen molar-refractivity contribution in [3.8, 4) is 16.6 Å². The molecule has 1 aromatic carbocycles. The Hall–Kier alpha value is -3.07. The van der Waals surface area contributed by atoms with Crippen LogP contribution in [-0.2, 0) is 13.0 Å². The first kappa shape index (κ1) is 21.5. The molecule has 1 saturated carbocycles. The summed E-state index contributed by atoms with van der Waals surface area (Å²) in [4.78, 5) is 20.8. The van der Waals surface area contributed by atoms with Gasteiger partial charge in [-0.15, -0.1) is 11.3 Å². The van der Waals surface area contributed by atoms with Crippen molar-refractivity contribution >= 4 is 17.2 Å². The van der Waals surface area contributed by atoms with Crippen molar-refractivity contribution in [1.82, 2.24) is 14.5 Å². The van der Waals surface area contributed by atoms with Crippen LogP contribution in [0.25, 0.3) is 10.6 Å². The molecule has 0 amide bonds. The van der Waals surface area contributed by atoms with Crippen LogP contribution in [0.2, 0.25) is 0 Å². The average molecular weight is 481 g/mol. The van der Waals surface area contributed by atoms with Gasteiger partial charge >= 0.3 is 11.8 Å². The number of allylic oxidation sites excluding steroid dienone is 1. The number of fused-ring (bicyclic) bond motifs is 5. The highest BCUT2D eigenvalue weighted by Gasteiger charge is 2.40. The number of thiazole rings is 1. The Kier molecular flexibility index (Phi) is 5.05. The summed E-state index contributed by atoms with van der Waals surface area (Å²) in [6.07, 6.45) is 11.2. The van der Waals surface area contributed by atoms with Gasteiger partial charge in [-0.05, 0) is 79.5 Å². The van der Waals surface area contributed by atoms with Gasteiger partial charge in [-0.3, -0.25) is 4.57 Å². The topological polar surface area (TPSA) is 83.1 Å². The zero-order chi connectivity index (χ0) is 23.4. The number of halogens is 1. The van der Waals surface area contributed by atoms with Crippen LogP contribution < -0.4 is 4.74 Å². The normalized spacial score (nSPS) is 27.4. The minimum absolute atomic E-state index is 0.180. The Labute approximate surface area is 200 Å². The predicted molar refractivity (Wildman–Crippen MR) is 126 cm³/mol. The highest BCUT2D eigenvalue weighted by molar-refractivity contribution is 7.15. The summed E-state index contributed by atoms with van der Waals surface area (Å²) in [5, 5.41) is 11.9. The van der Waals surface area contributed by atoms with Crippen molar-refractivity contribution in [3.05, 3.63) is 69.1 Å². The van der Waals surface area contributed by atoms with Crippen LogP contribution >= 0.6 is 11.3 Å². The molecule has 0 radical (unpaired) electrons. The molecular formula is C25H25FN4O3S. The summed E-state index contributed by atoms with van der Waals surface area (Å²) in [6.45, 7) is 2.56. The first-order valence-corrected chi connectivity index (χ1v) is 12.5. The van der Waals surface area contributed by atoms with Gasteiger partial charge in [0.25, 0.3) is 0 Å². The molecule has 34 heavy (non-hydrogen) atoms. The van der Waals surface area contributed by atoms with E-state index < -0.39 is 10.5 Å². The molecule has 176 valence electrons. The van der Waals surface area contributed by atoms with E-state index in [1.54, 1.807) is 15.9 Å². The van der Waals surface area contributed by atoms with Crippen LogP contribution in [0.4, 0.5) is 10.2 Å². The van der Waals surface area contributed by atoms with E-state index in [1.165, 1.54) is 48.2 Å². The fraction of sp³-hybridized carbons (Fsp3) is 0.440. The smallest absolute Gasteiger partial charge is 0.415 e. The molecular weight excluding hydrogens is 455 g/mol. The van der Waals surface area contributed by atoms with Crippen molar-refractivity contribution in [3.63, 3.8) is 0 Å². The monoisotopic (exact) mass is 480 g/mol. The third-order valence-electron chi connectivity index (χ3n) is 7.39. The molecule has 3 aromatic rings. The maximum Gasteiger partial charge on any atom is 0.415 e. The Morgan fingerprint density at radius 1 is 1.32 bits per heavy atom. The van der Waals surface area contributed by atoms with Crippen molar-refractivity contribution in [1.29, 1.82) is 0 Å². The maximum atomic E-state index is 13.4. The second-order valence-corrected chi connectivity index (χ2v) is 11.0. The molecule has 0 saturated heterocycles. The van der Waals surface area contributed by atoms with Crippen molar-refractivity contribution in [2.75, 3.05) is 0 Å². The molecule has 1 aliphatic heterocycles. The zero-order valence-corrected chi connectivity index (χ0v) is 19.6. The van der Waals surface area contributed by atoms with Crippen molar-refractivity contribution in [2.24, 2.45) is 11.8 Å². The molecule has 1 fully saturated rings. The molecule has 0 N–H and O–H groups in total. The molecule has 7 nitrogen and oxygen atoms in total. The highest BCUT2D eigenvalue weighted by atomic mass is 32.1. The lowest BCUT2D eigenvalue weighted by Gasteiger charge is -2.22. The fourth-order valence-electron chi connectivity index (χ4n) is 5.68. The average Bonchev–Trinajstić information content (AvgIpc) is 3.54. The Morgan fingerprint density at radius 3 is 2.91 bits per heavy atom. The van der Waals surface area contributed by atoms with Gasteiger partial charge < -0.3 is 14.9 Å². The maximum absolute atomic E-state index is 13.4. The third kappa shape index (κ3) is 3.81. The number of nitrogens with zero attached hydrogens (tertiary/aromatic N) is 4. The molecule has 6 rings (SSSR count). The zero-order valence-electron chi connectivity index (χ0n) is 18.8. The van der Waals surface area contributed by atoms with E-state index in [1.807, 2.05) is 19.1 Å². The van der Waals surface area contributed by atoms with Crippen LogP contribution in [0.15, 0.2) is 42.6 Å². The second kappa shape index (κ2) is 8.01. The summed E-state index contributed by atoms with van der Waals surface area (Å²) in [7, 11) is 0. The van der Waals surface area contributed by atoms with Crippen LogP contribution in [0, 0.1) is 27.8 Å².